The zero-order valence-corrected chi connectivity index (χ0v) is 18.3. The van der Waals surface area contributed by atoms with Gasteiger partial charge in [0, 0.05) is 17.2 Å². The van der Waals surface area contributed by atoms with Gasteiger partial charge in [-0.25, -0.2) is 0 Å². The van der Waals surface area contributed by atoms with Crippen LogP contribution in [0.2, 0.25) is 0 Å². The maximum Gasteiger partial charge on any atom is 0.258 e. The van der Waals surface area contributed by atoms with Crippen molar-refractivity contribution < 1.29 is 4.79 Å². The van der Waals surface area contributed by atoms with Crippen LogP contribution in [0.1, 0.15) is 18.1 Å². The van der Waals surface area contributed by atoms with Gasteiger partial charge in [-0.3, -0.25) is 4.79 Å². The van der Waals surface area contributed by atoms with E-state index in [1.165, 1.54) is 21.3 Å². The van der Waals surface area contributed by atoms with Crippen LogP contribution in [0.4, 0.5) is 0 Å². The summed E-state index contributed by atoms with van der Waals surface area (Å²) in [6.07, 6.45) is 3.11. The van der Waals surface area contributed by atoms with Crippen molar-refractivity contribution in [2.75, 3.05) is 17.8 Å². The van der Waals surface area contributed by atoms with E-state index in [2.05, 4.69) is 72.1 Å². The lowest BCUT2D eigenvalue weighted by Crippen LogP contribution is -2.18. The first-order valence-corrected chi connectivity index (χ1v) is 12.2. The molecule has 1 amide bonds. The SMILES string of the molecule is CCc1ccc2c(c1)sc(=NC(=O)CSc1ccc(C)cc1)n2CCSC. The van der Waals surface area contributed by atoms with Crippen molar-refractivity contribution in [1.82, 2.24) is 4.57 Å². The molecule has 6 heteroatoms. The highest BCUT2D eigenvalue weighted by Gasteiger charge is 2.09. The Balaban J connectivity index is 1.86. The number of carbonyl (C=O) groups excluding carboxylic acids is 1. The summed E-state index contributed by atoms with van der Waals surface area (Å²) in [6, 6.07) is 14.8. The van der Waals surface area contributed by atoms with Crippen LogP contribution in [0.15, 0.2) is 52.4 Å². The molecule has 0 saturated heterocycles. The van der Waals surface area contributed by atoms with E-state index in [-0.39, 0.29) is 5.91 Å². The fourth-order valence-corrected chi connectivity index (χ4v) is 4.93. The predicted molar refractivity (Wildman–Crippen MR) is 120 cm³/mol. The highest BCUT2D eigenvalue weighted by Crippen LogP contribution is 2.21. The second-order valence-corrected chi connectivity index (χ2v) is 9.34. The smallest absolute Gasteiger partial charge is 0.258 e. The maximum atomic E-state index is 12.5. The molecule has 0 aliphatic heterocycles. The number of thiazole rings is 1. The van der Waals surface area contributed by atoms with Crippen molar-refractivity contribution in [2.45, 2.75) is 31.7 Å². The van der Waals surface area contributed by atoms with Crippen molar-refractivity contribution in [3.8, 4) is 0 Å². The third-order valence-corrected chi connectivity index (χ3v) is 6.91. The van der Waals surface area contributed by atoms with Gasteiger partial charge in [0.1, 0.15) is 0 Å². The van der Waals surface area contributed by atoms with Gasteiger partial charge in [-0.05, 0) is 49.4 Å². The minimum absolute atomic E-state index is 0.0826. The molecule has 142 valence electrons. The number of thioether (sulfide) groups is 2. The van der Waals surface area contributed by atoms with Crippen molar-refractivity contribution in [3.63, 3.8) is 0 Å². The van der Waals surface area contributed by atoms with E-state index in [4.69, 9.17) is 0 Å². The Morgan fingerprint density at radius 2 is 1.96 bits per heavy atom. The van der Waals surface area contributed by atoms with Crippen LogP contribution in [0.3, 0.4) is 0 Å². The topological polar surface area (TPSA) is 34.4 Å². The number of nitrogens with zero attached hydrogens (tertiary/aromatic N) is 2. The van der Waals surface area contributed by atoms with E-state index < -0.39 is 0 Å². The second-order valence-electron chi connectivity index (χ2n) is 6.29. The molecule has 0 bridgehead atoms. The molecule has 3 aromatic rings. The Bertz CT molecular complexity index is 987. The first-order valence-electron chi connectivity index (χ1n) is 8.99. The van der Waals surface area contributed by atoms with E-state index >= 15 is 0 Å². The molecule has 3 rings (SSSR count). The maximum absolute atomic E-state index is 12.5. The summed E-state index contributed by atoms with van der Waals surface area (Å²) in [7, 11) is 0. The highest BCUT2D eigenvalue weighted by molar-refractivity contribution is 8.00. The Morgan fingerprint density at radius 3 is 2.67 bits per heavy atom. The number of rotatable bonds is 7. The first kappa shape index (κ1) is 20.2. The van der Waals surface area contributed by atoms with Gasteiger partial charge in [-0.2, -0.15) is 16.8 Å². The number of aryl methyl sites for hydroxylation is 3. The van der Waals surface area contributed by atoms with Gasteiger partial charge in [0.25, 0.3) is 5.91 Å². The monoisotopic (exact) mass is 416 g/mol. The molecule has 0 aliphatic carbocycles. The highest BCUT2D eigenvalue weighted by atomic mass is 32.2. The fourth-order valence-electron chi connectivity index (χ4n) is 2.74. The minimum Gasteiger partial charge on any atom is -0.316 e. The molecule has 0 fully saturated rings. The molecule has 0 aliphatic rings. The van der Waals surface area contributed by atoms with E-state index in [0.717, 1.165) is 28.4 Å². The molecule has 0 unspecified atom stereocenters. The standard InChI is InChI=1S/C21H24N2OS3/c1-4-16-7-10-18-19(13-16)27-21(23(18)11-12-25-3)22-20(24)14-26-17-8-5-15(2)6-9-17/h5-10,13H,4,11-12,14H2,1-3H3. The van der Waals surface area contributed by atoms with Crippen LogP contribution in [0.5, 0.6) is 0 Å². The summed E-state index contributed by atoms with van der Waals surface area (Å²) < 4.78 is 3.39. The average molecular weight is 417 g/mol. The lowest BCUT2D eigenvalue weighted by Gasteiger charge is -2.04. The van der Waals surface area contributed by atoms with Crippen molar-refractivity contribution >= 4 is 51.0 Å². The zero-order valence-electron chi connectivity index (χ0n) is 15.9. The predicted octanol–water partition coefficient (Wildman–Crippen LogP) is 5.16. The van der Waals surface area contributed by atoms with E-state index in [9.17, 15) is 4.79 Å². The van der Waals surface area contributed by atoms with Crippen LogP contribution >= 0.6 is 34.9 Å². The van der Waals surface area contributed by atoms with Gasteiger partial charge in [-0.15, -0.1) is 11.8 Å². The van der Waals surface area contributed by atoms with Crippen molar-refractivity contribution in [3.05, 3.63) is 58.4 Å². The summed E-state index contributed by atoms with van der Waals surface area (Å²) >= 11 is 4.96. The number of hydrogen-bond acceptors (Lipinski definition) is 4. The van der Waals surface area contributed by atoms with Gasteiger partial charge < -0.3 is 4.57 Å². The van der Waals surface area contributed by atoms with Crippen LogP contribution in [-0.2, 0) is 17.8 Å². The summed E-state index contributed by atoms with van der Waals surface area (Å²) in [5.74, 6) is 1.28. The Labute approximate surface area is 172 Å². The Hall–Kier alpha value is -1.50. The van der Waals surface area contributed by atoms with Gasteiger partial charge in [0.15, 0.2) is 4.80 Å². The number of aromatic nitrogens is 1. The van der Waals surface area contributed by atoms with Gasteiger partial charge in [0.2, 0.25) is 0 Å². The van der Waals surface area contributed by atoms with Gasteiger partial charge in [-0.1, -0.05) is 42.0 Å². The lowest BCUT2D eigenvalue weighted by molar-refractivity contribution is -0.115. The van der Waals surface area contributed by atoms with Crippen LogP contribution in [0.25, 0.3) is 10.2 Å². The third-order valence-electron chi connectivity index (χ3n) is 4.28. The second kappa shape index (κ2) is 9.62. The zero-order chi connectivity index (χ0) is 19.2. The molecule has 27 heavy (non-hydrogen) atoms. The molecule has 0 atom stereocenters. The minimum atomic E-state index is -0.0826. The molecule has 0 saturated carbocycles. The summed E-state index contributed by atoms with van der Waals surface area (Å²) in [6.45, 7) is 5.09. The van der Waals surface area contributed by atoms with Gasteiger partial charge in [0.05, 0.1) is 16.0 Å². The fraction of sp³-hybridized carbons (Fsp3) is 0.333. The van der Waals surface area contributed by atoms with Crippen LogP contribution in [-0.4, -0.2) is 28.2 Å². The molecular formula is C21H24N2OS3. The number of fused-ring (bicyclic) bond motifs is 1. The average Bonchev–Trinajstić information content (AvgIpc) is 3.01. The van der Waals surface area contributed by atoms with E-state index in [1.807, 2.05) is 0 Å². The molecule has 1 aromatic heterocycles. The van der Waals surface area contributed by atoms with Crippen LogP contribution < -0.4 is 4.80 Å². The first-order chi connectivity index (χ1) is 13.1. The normalized spacial score (nSPS) is 12.0. The largest absolute Gasteiger partial charge is 0.316 e. The number of amides is 1. The Kier molecular flexibility index (Phi) is 7.21. The third kappa shape index (κ3) is 5.27. The summed E-state index contributed by atoms with van der Waals surface area (Å²) in [5, 5.41) is 0. The number of hydrogen-bond donors (Lipinski definition) is 0. The molecule has 0 spiro atoms. The molecule has 1 heterocycles. The van der Waals surface area contributed by atoms with E-state index in [0.29, 0.717) is 5.75 Å². The molecule has 2 aromatic carbocycles. The quantitative estimate of drug-likeness (QED) is 0.499. The van der Waals surface area contributed by atoms with Crippen LogP contribution in [0, 0.1) is 6.92 Å². The van der Waals surface area contributed by atoms with Crippen molar-refractivity contribution in [1.29, 1.82) is 0 Å². The van der Waals surface area contributed by atoms with Gasteiger partial charge >= 0.3 is 0 Å². The molecule has 0 radical (unpaired) electrons. The molecule has 0 N–H and O–H groups in total. The van der Waals surface area contributed by atoms with E-state index in [1.54, 1.807) is 34.9 Å². The number of carbonyl (C=O) groups is 1. The summed E-state index contributed by atoms with van der Waals surface area (Å²) in [4.78, 5) is 18.8. The lowest BCUT2D eigenvalue weighted by atomic mass is 10.2. The Morgan fingerprint density at radius 1 is 1.19 bits per heavy atom. The summed E-state index contributed by atoms with van der Waals surface area (Å²) in [5.41, 5.74) is 3.71. The number of benzene rings is 2. The molecule has 3 nitrogen and oxygen atoms in total. The van der Waals surface area contributed by atoms with Crippen molar-refractivity contribution in [2.24, 2.45) is 4.99 Å². The molecular weight excluding hydrogens is 392 g/mol.